The van der Waals surface area contributed by atoms with Gasteiger partial charge in [-0.25, -0.2) is 0 Å². The zero-order chi connectivity index (χ0) is 44.2. The van der Waals surface area contributed by atoms with Gasteiger partial charge < -0.3 is 28.6 Å². The number of carboxylic acid groups (broad SMARTS) is 1. The highest BCUT2D eigenvalue weighted by molar-refractivity contribution is 5.70. The normalized spacial score (nSPS) is 13.4. The lowest BCUT2D eigenvalue weighted by Gasteiger charge is -2.34. The molecule has 0 aromatic rings. The number of ether oxygens (including phenoxy) is 3. The van der Waals surface area contributed by atoms with E-state index in [9.17, 15) is 19.5 Å². The molecule has 0 saturated heterocycles. The minimum atomic E-state index is -1.13. The minimum absolute atomic E-state index is 0.0324. The van der Waals surface area contributed by atoms with E-state index < -0.39 is 18.1 Å². The molecular formula is C52H91NO7. The van der Waals surface area contributed by atoms with Crippen molar-refractivity contribution in [2.24, 2.45) is 0 Å². The molecule has 0 aliphatic carbocycles. The zero-order valence-electron chi connectivity index (χ0n) is 39.4. The van der Waals surface area contributed by atoms with E-state index in [0.717, 1.165) is 83.5 Å². The lowest BCUT2D eigenvalue weighted by atomic mass is 10.1. The second-order valence-corrected chi connectivity index (χ2v) is 17.3. The SMILES string of the molecule is CC/C=C/C/C=C/C/C=C/C/C=C/CCCCCCCCCC(=O)OCC(COCCC(C(=O)[O-])[N+](C)(C)C)OC(=O)CCCCCCC/C=C/CCCCCCCCC. The average Bonchev–Trinajstić information content (AvgIpc) is 3.21. The molecule has 0 saturated carbocycles. The Morgan fingerprint density at radius 2 is 0.933 bits per heavy atom. The molecule has 0 fully saturated rings. The molecular weight excluding hydrogens is 751 g/mol. The Morgan fingerprint density at radius 3 is 1.40 bits per heavy atom. The van der Waals surface area contributed by atoms with E-state index in [4.69, 9.17) is 14.2 Å². The summed E-state index contributed by atoms with van der Waals surface area (Å²) >= 11 is 0. The van der Waals surface area contributed by atoms with Crippen molar-refractivity contribution in [3.05, 3.63) is 60.8 Å². The van der Waals surface area contributed by atoms with E-state index >= 15 is 0 Å². The van der Waals surface area contributed by atoms with E-state index in [-0.39, 0.29) is 42.7 Å². The molecule has 0 N–H and O–H groups in total. The highest BCUT2D eigenvalue weighted by Crippen LogP contribution is 2.14. The van der Waals surface area contributed by atoms with E-state index in [1.165, 1.54) is 83.5 Å². The third-order valence-electron chi connectivity index (χ3n) is 10.6. The predicted octanol–water partition coefficient (Wildman–Crippen LogP) is 12.4. The first-order chi connectivity index (χ1) is 29.1. The van der Waals surface area contributed by atoms with Crippen molar-refractivity contribution in [2.75, 3.05) is 41.0 Å². The summed E-state index contributed by atoms with van der Waals surface area (Å²) in [7, 11) is 5.40. The van der Waals surface area contributed by atoms with E-state index in [2.05, 4.69) is 74.6 Å². The smallest absolute Gasteiger partial charge is 0.306 e. The number of carbonyl (C=O) groups is 3. The molecule has 0 radical (unpaired) electrons. The Hall–Kier alpha value is -2.97. The number of quaternary nitrogens is 1. The molecule has 2 unspecified atom stereocenters. The summed E-state index contributed by atoms with van der Waals surface area (Å²) in [6, 6.07) is -0.731. The van der Waals surface area contributed by atoms with Crippen molar-refractivity contribution in [3.8, 4) is 0 Å². The fraction of sp³-hybridized carbons (Fsp3) is 0.750. The van der Waals surface area contributed by atoms with Gasteiger partial charge >= 0.3 is 11.9 Å². The summed E-state index contributed by atoms with van der Waals surface area (Å²) in [5, 5.41) is 11.6. The molecule has 8 nitrogen and oxygen atoms in total. The Labute approximate surface area is 368 Å². The van der Waals surface area contributed by atoms with Crippen molar-refractivity contribution in [2.45, 2.75) is 212 Å². The number of hydrogen-bond acceptors (Lipinski definition) is 7. The number of allylic oxidation sites excluding steroid dienone is 10. The molecule has 346 valence electrons. The van der Waals surface area contributed by atoms with E-state index in [1.807, 2.05) is 0 Å². The summed E-state index contributed by atoms with van der Waals surface area (Å²) in [4.78, 5) is 37.0. The Bertz CT molecular complexity index is 1170. The minimum Gasteiger partial charge on any atom is -0.544 e. The van der Waals surface area contributed by atoms with Crippen LogP contribution in [0.1, 0.15) is 200 Å². The van der Waals surface area contributed by atoms with Gasteiger partial charge in [-0.15, -0.1) is 0 Å². The first-order valence-corrected chi connectivity index (χ1v) is 24.3. The van der Waals surface area contributed by atoms with Gasteiger partial charge in [-0.2, -0.15) is 0 Å². The molecule has 0 heterocycles. The fourth-order valence-corrected chi connectivity index (χ4v) is 6.88. The molecule has 0 spiro atoms. The standard InChI is InChI=1S/C52H91NO7/c1-6-8-10-12-14-16-18-20-22-24-25-26-27-29-30-32-34-36-38-40-42-50(54)59-47-48(46-58-45-44-49(52(56)57)53(3,4)5)60-51(55)43-41-39-37-35-33-31-28-23-21-19-17-15-13-11-9-7-2/h8,10,14,16,20,22-23,25-26,28,48-49H,6-7,9,11-13,15,17-19,21,24,27,29-47H2,1-5H3/b10-8+,16-14+,22-20+,26-25+,28-23+. The van der Waals surface area contributed by atoms with Crippen LogP contribution in [0.25, 0.3) is 0 Å². The molecule has 0 amide bonds. The van der Waals surface area contributed by atoms with Crippen LogP contribution in [-0.4, -0.2) is 75.5 Å². The predicted molar refractivity (Wildman–Crippen MR) is 249 cm³/mol. The number of esters is 2. The van der Waals surface area contributed by atoms with Crippen LogP contribution in [0.15, 0.2) is 60.8 Å². The molecule has 0 aliphatic rings. The monoisotopic (exact) mass is 842 g/mol. The number of carbonyl (C=O) groups excluding carboxylic acids is 3. The van der Waals surface area contributed by atoms with Crippen LogP contribution in [0.5, 0.6) is 0 Å². The molecule has 0 rings (SSSR count). The van der Waals surface area contributed by atoms with Crippen LogP contribution < -0.4 is 5.11 Å². The third kappa shape index (κ3) is 40.4. The number of likely N-dealkylation sites (N-methyl/N-ethyl adjacent to an activating group) is 1. The summed E-state index contributed by atoms with van der Waals surface area (Å²) in [6.07, 6.45) is 52.4. The summed E-state index contributed by atoms with van der Waals surface area (Å²) in [6.45, 7) is 4.53. The number of carboxylic acids is 1. The average molecular weight is 842 g/mol. The van der Waals surface area contributed by atoms with Crippen molar-refractivity contribution < 1.29 is 38.2 Å². The Morgan fingerprint density at radius 1 is 0.517 bits per heavy atom. The summed E-state index contributed by atoms with van der Waals surface area (Å²) in [5.41, 5.74) is 0. The second kappa shape index (κ2) is 42.7. The topological polar surface area (TPSA) is 102 Å². The highest BCUT2D eigenvalue weighted by atomic mass is 16.6. The molecule has 0 aromatic heterocycles. The van der Waals surface area contributed by atoms with Gasteiger partial charge in [-0.3, -0.25) is 9.59 Å². The van der Waals surface area contributed by atoms with Crippen LogP contribution in [-0.2, 0) is 28.6 Å². The van der Waals surface area contributed by atoms with Crippen molar-refractivity contribution in [1.82, 2.24) is 0 Å². The van der Waals surface area contributed by atoms with Crippen LogP contribution >= 0.6 is 0 Å². The number of hydrogen-bond donors (Lipinski definition) is 0. The van der Waals surface area contributed by atoms with Gasteiger partial charge in [-0.1, -0.05) is 164 Å². The van der Waals surface area contributed by atoms with Crippen molar-refractivity contribution >= 4 is 17.9 Å². The van der Waals surface area contributed by atoms with Gasteiger partial charge in [0.1, 0.15) is 12.6 Å². The molecule has 0 bridgehead atoms. The lowest BCUT2D eigenvalue weighted by molar-refractivity contribution is -0.889. The van der Waals surface area contributed by atoms with E-state index in [1.54, 1.807) is 21.1 Å². The second-order valence-electron chi connectivity index (χ2n) is 17.3. The molecule has 60 heavy (non-hydrogen) atoms. The van der Waals surface area contributed by atoms with Crippen LogP contribution in [0.4, 0.5) is 0 Å². The first kappa shape index (κ1) is 57.0. The van der Waals surface area contributed by atoms with Crippen LogP contribution in [0.3, 0.4) is 0 Å². The Balaban J connectivity index is 4.31. The van der Waals surface area contributed by atoms with Gasteiger partial charge in [0.2, 0.25) is 0 Å². The summed E-state index contributed by atoms with van der Waals surface area (Å²) in [5.74, 6) is -1.76. The Kier molecular flexibility index (Phi) is 40.6. The summed E-state index contributed by atoms with van der Waals surface area (Å²) < 4.78 is 17.2. The van der Waals surface area contributed by atoms with Crippen molar-refractivity contribution in [3.63, 3.8) is 0 Å². The molecule has 8 heteroatoms. The van der Waals surface area contributed by atoms with Crippen LogP contribution in [0.2, 0.25) is 0 Å². The zero-order valence-corrected chi connectivity index (χ0v) is 39.4. The van der Waals surface area contributed by atoms with Gasteiger partial charge in [0, 0.05) is 19.3 Å². The number of unbranched alkanes of at least 4 members (excludes halogenated alkanes) is 19. The van der Waals surface area contributed by atoms with Crippen LogP contribution in [0, 0.1) is 0 Å². The number of nitrogens with zero attached hydrogens (tertiary/aromatic N) is 1. The van der Waals surface area contributed by atoms with Gasteiger partial charge in [0.05, 0.1) is 40.3 Å². The van der Waals surface area contributed by atoms with E-state index in [0.29, 0.717) is 12.8 Å². The third-order valence-corrected chi connectivity index (χ3v) is 10.6. The van der Waals surface area contributed by atoms with Crippen molar-refractivity contribution in [1.29, 1.82) is 0 Å². The maximum atomic E-state index is 12.7. The largest absolute Gasteiger partial charge is 0.544 e. The van der Waals surface area contributed by atoms with Gasteiger partial charge in [-0.05, 0) is 77.0 Å². The first-order valence-electron chi connectivity index (χ1n) is 24.3. The maximum Gasteiger partial charge on any atom is 0.306 e. The fourth-order valence-electron chi connectivity index (χ4n) is 6.88. The molecule has 0 aromatic carbocycles. The highest BCUT2D eigenvalue weighted by Gasteiger charge is 2.25. The van der Waals surface area contributed by atoms with Gasteiger partial charge in [0.25, 0.3) is 0 Å². The maximum absolute atomic E-state index is 12.7. The number of aliphatic carboxylic acids is 1. The number of rotatable bonds is 43. The molecule has 0 aliphatic heterocycles. The quantitative estimate of drug-likeness (QED) is 0.0261. The van der Waals surface area contributed by atoms with Gasteiger partial charge in [0.15, 0.2) is 6.10 Å². The lowest BCUT2D eigenvalue weighted by Crippen LogP contribution is -2.55. The molecule has 2 atom stereocenters.